The fourth-order valence-corrected chi connectivity index (χ4v) is 3.85. The molecule has 0 radical (unpaired) electrons. The van der Waals surface area contributed by atoms with E-state index in [1.54, 1.807) is 0 Å². The van der Waals surface area contributed by atoms with Crippen molar-refractivity contribution in [2.24, 2.45) is 0 Å². The Bertz CT molecular complexity index is 928. The summed E-state index contributed by atoms with van der Waals surface area (Å²) in [5, 5.41) is 8.95. The SMILES string of the molecule is Cc1nn([C@H](C)C(=O)N[C@@H]2CCCc3ccccc32)c2ccccc12. The largest absolute Gasteiger partial charge is 0.347 e. The van der Waals surface area contributed by atoms with Crippen LogP contribution in [0.15, 0.2) is 48.5 Å². The van der Waals surface area contributed by atoms with Crippen LogP contribution in [0.2, 0.25) is 0 Å². The van der Waals surface area contributed by atoms with Gasteiger partial charge in [-0.2, -0.15) is 5.10 Å². The van der Waals surface area contributed by atoms with Crippen molar-refractivity contribution in [3.8, 4) is 0 Å². The molecule has 0 fully saturated rings. The average molecular weight is 333 g/mol. The summed E-state index contributed by atoms with van der Waals surface area (Å²) in [5.74, 6) is 0.0231. The number of carbonyl (C=O) groups is 1. The predicted octanol–water partition coefficient (Wildman–Crippen LogP) is 4.10. The van der Waals surface area contributed by atoms with Gasteiger partial charge in [0, 0.05) is 5.39 Å². The lowest BCUT2D eigenvalue weighted by atomic mass is 9.87. The number of nitrogens with one attached hydrogen (secondary N) is 1. The van der Waals surface area contributed by atoms with Gasteiger partial charge >= 0.3 is 0 Å². The molecule has 0 saturated carbocycles. The van der Waals surface area contributed by atoms with E-state index in [4.69, 9.17) is 0 Å². The van der Waals surface area contributed by atoms with Crippen molar-refractivity contribution in [2.45, 2.75) is 45.2 Å². The third kappa shape index (κ3) is 2.82. The van der Waals surface area contributed by atoms with Crippen molar-refractivity contribution in [1.29, 1.82) is 0 Å². The van der Waals surface area contributed by atoms with E-state index in [1.807, 2.05) is 36.7 Å². The van der Waals surface area contributed by atoms with E-state index in [1.165, 1.54) is 11.1 Å². The Morgan fingerprint density at radius 2 is 1.96 bits per heavy atom. The van der Waals surface area contributed by atoms with E-state index in [0.717, 1.165) is 35.9 Å². The van der Waals surface area contributed by atoms with Gasteiger partial charge in [-0.15, -0.1) is 0 Å². The molecule has 0 saturated heterocycles. The molecule has 1 amide bonds. The number of nitrogens with zero attached hydrogens (tertiary/aromatic N) is 2. The summed E-state index contributed by atoms with van der Waals surface area (Å²) in [6.45, 7) is 3.91. The van der Waals surface area contributed by atoms with Crippen molar-refractivity contribution in [3.63, 3.8) is 0 Å². The van der Waals surface area contributed by atoms with Gasteiger partial charge in [-0.05, 0) is 50.3 Å². The topological polar surface area (TPSA) is 46.9 Å². The van der Waals surface area contributed by atoms with Gasteiger partial charge in [-0.3, -0.25) is 9.48 Å². The van der Waals surface area contributed by atoms with Crippen LogP contribution in [0.5, 0.6) is 0 Å². The second kappa shape index (κ2) is 6.36. The molecule has 25 heavy (non-hydrogen) atoms. The molecule has 1 aliphatic rings. The average Bonchev–Trinajstić information content (AvgIpc) is 2.98. The molecule has 2 aromatic carbocycles. The molecule has 128 valence electrons. The second-order valence-electron chi connectivity index (χ2n) is 6.88. The Kier molecular flexibility index (Phi) is 4.04. The normalized spacial score (nSPS) is 17.9. The van der Waals surface area contributed by atoms with E-state index < -0.39 is 0 Å². The quantitative estimate of drug-likeness (QED) is 0.784. The summed E-state index contributed by atoms with van der Waals surface area (Å²) < 4.78 is 1.84. The van der Waals surface area contributed by atoms with E-state index in [-0.39, 0.29) is 18.0 Å². The maximum Gasteiger partial charge on any atom is 0.245 e. The third-order valence-electron chi connectivity index (χ3n) is 5.23. The van der Waals surface area contributed by atoms with Gasteiger partial charge in [0.05, 0.1) is 17.3 Å². The predicted molar refractivity (Wildman–Crippen MR) is 99.4 cm³/mol. The van der Waals surface area contributed by atoms with Gasteiger partial charge < -0.3 is 5.32 Å². The fraction of sp³-hybridized carbons (Fsp3) is 0.333. The highest BCUT2D eigenvalue weighted by Crippen LogP contribution is 2.30. The van der Waals surface area contributed by atoms with Crippen LogP contribution in [0.25, 0.3) is 10.9 Å². The summed E-state index contributed by atoms with van der Waals surface area (Å²) in [6, 6.07) is 16.3. The lowest BCUT2D eigenvalue weighted by Crippen LogP contribution is -2.36. The van der Waals surface area contributed by atoms with Crippen LogP contribution in [0.4, 0.5) is 0 Å². The summed E-state index contributed by atoms with van der Waals surface area (Å²) in [6.07, 6.45) is 3.20. The lowest BCUT2D eigenvalue weighted by Gasteiger charge is -2.27. The van der Waals surface area contributed by atoms with Crippen LogP contribution < -0.4 is 5.32 Å². The minimum atomic E-state index is -0.340. The highest BCUT2D eigenvalue weighted by molar-refractivity contribution is 5.86. The van der Waals surface area contributed by atoms with Crippen molar-refractivity contribution in [3.05, 3.63) is 65.4 Å². The summed E-state index contributed by atoms with van der Waals surface area (Å²) in [4.78, 5) is 12.9. The molecule has 1 N–H and O–H groups in total. The first-order chi connectivity index (χ1) is 12.1. The van der Waals surface area contributed by atoms with Crippen LogP contribution in [0, 0.1) is 6.92 Å². The van der Waals surface area contributed by atoms with Gasteiger partial charge in [-0.25, -0.2) is 0 Å². The highest BCUT2D eigenvalue weighted by Gasteiger charge is 2.25. The number of amides is 1. The molecule has 1 heterocycles. The van der Waals surface area contributed by atoms with Crippen LogP contribution in [0.3, 0.4) is 0 Å². The summed E-state index contributed by atoms with van der Waals surface area (Å²) in [5.41, 5.74) is 4.58. The Morgan fingerprint density at radius 3 is 2.84 bits per heavy atom. The first-order valence-electron chi connectivity index (χ1n) is 8.97. The number of hydrogen-bond acceptors (Lipinski definition) is 2. The first-order valence-corrected chi connectivity index (χ1v) is 8.97. The van der Waals surface area contributed by atoms with Gasteiger partial charge in [0.1, 0.15) is 6.04 Å². The third-order valence-corrected chi connectivity index (χ3v) is 5.23. The van der Waals surface area contributed by atoms with E-state index in [0.29, 0.717) is 0 Å². The lowest BCUT2D eigenvalue weighted by molar-refractivity contribution is -0.124. The van der Waals surface area contributed by atoms with Crippen molar-refractivity contribution in [2.75, 3.05) is 0 Å². The van der Waals surface area contributed by atoms with Gasteiger partial charge in [0.15, 0.2) is 0 Å². The summed E-state index contributed by atoms with van der Waals surface area (Å²) in [7, 11) is 0. The standard InChI is InChI=1S/C21H23N3O/c1-14-17-10-5-6-13-20(17)24(23-14)15(2)21(25)22-19-12-7-9-16-8-3-4-11-18(16)19/h3-6,8,10-11,13,15,19H,7,9,12H2,1-2H3,(H,22,25)/t15-,19-/m1/s1. The maximum atomic E-state index is 12.9. The first kappa shape index (κ1) is 15.9. The minimum Gasteiger partial charge on any atom is -0.347 e. The highest BCUT2D eigenvalue weighted by atomic mass is 16.2. The van der Waals surface area contributed by atoms with Gasteiger partial charge in [0.2, 0.25) is 5.91 Å². The van der Waals surface area contributed by atoms with Gasteiger partial charge in [-0.1, -0.05) is 42.5 Å². The molecule has 0 spiro atoms. The number of aryl methyl sites for hydroxylation is 2. The molecular formula is C21H23N3O. The maximum absolute atomic E-state index is 12.9. The smallest absolute Gasteiger partial charge is 0.245 e. The second-order valence-corrected chi connectivity index (χ2v) is 6.88. The zero-order valence-electron chi connectivity index (χ0n) is 14.7. The fourth-order valence-electron chi connectivity index (χ4n) is 3.85. The van der Waals surface area contributed by atoms with E-state index in [2.05, 4.69) is 40.7 Å². The molecule has 4 nitrogen and oxygen atoms in total. The van der Waals surface area contributed by atoms with Crippen LogP contribution in [0.1, 0.15) is 48.7 Å². The molecule has 2 atom stereocenters. The molecule has 0 aliphatic heterocycles. The van der Waals surface area contributed by atoms with Crippen molar-refractivity contribution < 1.29 is 4.79 Å². The molecule has 1 aliphatic carbocycles. The van der Waals surface area contributed by atoms with Crippen LogP contribution >= 0.6 is 0 Å². The number of rotatable bonds is 3. The van der Waals surface area contributed by atoms with E-state index >= 15 is 0 Å². The Balaban J connectivity index is 1.59. The number of hydrogen-bond donors (Lipinski definition) is 1. The number of benzene rings is 2. The Morgan fingerprint density at radius 1 is 1.20 bits per heavy atom. The minimum absolute atomic E-state index is 0.0231. The van der Waals surface area contributed by atoms with Crippen molar-refractivity contribution in [1.82, 2.24) is 15.1 Å². The Labute approximate surface area is 147 Å². The van der Waals surface area contributed by atoms with Crippen LogP contribution in [-0.4, -0.2) is 15.7 Å². The zero-order valence-corrected chi connectivity index (χ0v) is 14.7. The molecule has 4 heteroatoms. The molecule has 0 unspecified atom stereocenters. The van der Waals surface area contributed by atoms with Gasteiger partial charge in [0.25, 0.3) is 0 Å². The molecule has 0 bridgehead atoms. The number of aromatic nitrogens is 2. The molecular weight excluding hydrogens is 310 g/mol. The Hall–Kier alpha value is -2.62. The number of para-hydroxylation sites is 1. The monoisotopic (exact) mass is 333 g/mol. The molecule has 4 rings (SSSR count). The molecule has 3 aromatic rings. The van der Waals surface area contributed by atoms with Crippen molar-refractivity contribution >= 4 is 16.8 Å². The molecule has 1 aromatic heterocycles. The van der Waals surface area contributed by atoms with E-state index in [9.17, 15) is 4.79 Å². The number of fused-ring (bicyclic) bond motifs is 2. The van der Waals surface area contributed by atoms with Crippen LogP contribution in [-0.2, 0) is 11.2 Å². The zero-order chi connectivity index (χ0) is 17.4. The number of carbonyl (C=O) groups excluding carboxylic acids is 1. The summed E-state index contributed by atoms with van der Waals surface area (Å²) >= 11 is 0.